The highest BCUT2D eigenvalue weighted by Gasteiger charge is 2.19. The number of hydrogen-bond acceptors (Lipinski definition) is 3. The van der Waals surface area contributed by atoms with Gasteiger partial charge in [-0.25, -0.2) is 4.79 Å². The molecule has 2 amide bonds. The van der Waals surface area contributed by atoms with Crippen LogP contribution in [0.2, 0.25) is 0 Å². The van der Waals surface area contributed by atoms with Crippen molar-refractivity contribution in [2.24, 2.45) is 11.8 Å². The van der Waals surface area contributed by atoms with Crippen molar-refractivity contribution in [3.05, 3.63) is 0 Å². The third kappa shape index (κ3) is 4.91. The zero-order valence-electron chi connectivity index (χ0n) is 11.0. The highest BCUT2D eigenvalue weighted by Crippen LogP contribution is 2.15. The Labute approximate surface area is 107 Å². The molecule has 2 N–H and O–H groups in total. The van der Waals surface area contributed by atoms with Crippen LogP contribution >= 0.6 is 0 Å². The van der Waals surface area contributed by atoms with Gasteiger partial charge in [0.25, 0.3) is 0 Å². The molecule has 0 bridgehead atoms. The number of amides is 2. The van der Waals surface area contributed by atoms with Crippen LogP contribution < -0.4 is 5.32 Å². The quantitative estimate of drug-likeness (QED) is 0.763. The van der Waals surface area contributed by atoms with Gasteiger partial charge in [0.15, 0.2) is 0 Å². The molecule has 0 saturated carbocycles. The van der Waals surface area contributed by atoms with E-state index in [0.29, 0.717) is 12.5 Å². The van der Waals surface area contributed by atoms with E-state index in [1.165, 1.54) is 0 Å². The van der Waals surface area contributed by atoms with Crippen LogP contribution in [0.4, 0.5) is 4.79 Å². The van der Waals surface area contributed by atoms with Gasteiger partial charge in [0.1, 0.15) is 0 Å². The first kappa shape index (κ1) is 14.8. The normalized spacial score (nSPS) is 18.1. The molecule has 0 aromatic rings. The van der Waals surface area contributed by atoms with Gasteiger partial charge in [0, 0.05) is 33.4 Å². The minimum Gasteiger partial charge on any atom is -0.481 e. The highest BCUT2D eigenvalue weighted by molar-refractivity contribution is 5.75. The Morgan fingerprint density at radius 3 is 2.61 bits per heavy atom. The van der Waals surface area contributed by atoms with Crippen molar-refractivity contribution in [2.75, 3.05) is 33.4 Å². The number of ether oxygens (including phenoxy) is 1. The molecule has 18 heavy (non-hydrogen) atoms. The van der Waals surface area contributed by atoms with E-state index in [-0.39, 0.29) is 12.6 Å². The summed E-state index contributed by atoms with van der Waals surface area (Å²) < 4.78 is 5.26. The lowest BCUT2D eigenvalue weighted by Crippen LogP contribution is -2.43. The van der Waals surface area contributed by atoms with E-state index < -0.39 is 11.9 Å². The first-order valence-corrected chi connectivity index (χ1v) is 6.30. The summed E-state index contributed by atoms with van der Waals surface area (Å²) in [7, 11) is 1.73. The van der Waals surface area contributed by atoms with E-state index in [1.807, 2.05) is 0 Å². The van der Waals surface area contributed by atoms with E-state index in [9.17, 15) is 9.59 Å². The second kappa shape index (κ2) is 7.20. The Hall–Kier alpha value is -1.30. The van der Waals surface area contributed by atoms with Crippen LogP contribution in [0, 0.1) is 11.8 Å². The lowest BCUT2D eigenvalue weighted by atomic mass is 10.00. The molecule has 1 fully saturated rings. The predicted molar refractivity (Wildman–Crippen MR) is 66.4 cm³/mol. The Kier molecular flexibility index (Phi) is 5.91. The average molecular weight is 258 g/mol. The van der Waals surface area contributed by atoms with E-state index in [1.54, 1.807) is 18.9 Å². The lowest BCUT2D eigenvalue weighted by Gasteiger charge is -2.27. The summed E-state index contributed by atoms with van der Waals surface area (Å²) >= 11 is 0. The van der Waals surface area contributed by atoms with Crippen LogP contribution in [-0.2, 0) is 9.53 Å². The van der Waals surface area contributed by atoms with Crippen molar-refractivity contribution >= 4 is 12.0 Å². The summed E-state index contributed by atoms with van der Waals surface area (Å²) in [5.41, 5.74) is 0. The second-order valence-electron chi connectivity index (χ2n) is 4.86. The van der Waals surface area contributed by atoms with Crippen molar-refractivity contribution in [1.82, 2.24) is 10.2 Å². The van der Waals surface area contributed by atoms with Gasteiger partial charge in [-0.15, -0.1) is 0 Å². The second-order valence-corrected chi connectivity index (χ2v) is 4.86. The topological polar surface area (TPSA) is 78.9 Å². The summed E-state index contributed by atoms with van der Waals surface area (Å²) in [6.45, 7) is 3.94. The maximum Gasteiger partial charge on any atom is 0.317 e. The van der Waals surface area contributed by atoms with Crippen LogP contribution in [0.1, 0.15) is 19.8 Å². The van der Waals surface area contributed by atoms with Crippen LogP contribution in [0.25, 0.3) is 0 Å². The number of carboxylic acids is 1. The molecule has 1 aliphatic heterocycles. The number of aliphatic carboxylic acids is 1. The Balaban J connectivity index is 2.25. The zero-order chi connectivity index (χ0) is 13.5. The molecule has 6 heteroatoms. The van der Waals surface area contributed by atoms with Crippen LogP contribution in [-0.4, -0.2) is 55.4 Å². The number of urea groups is 1. The molecule has 1 rings (SSSR count). The highest BCUT2D eigenvalue weighted by atomic mass is 16.5. The van der Waals surface area contributed by atoms with Gasteiger partial charge < -0.3 is 20.1 Å². The van der Waals surface area contributed by atoms with Gasteiger partial charge in [-0.1, -0.05) is 6.92 Å². The minimum atomic E-state index is -0.901. The Bertz CT molecular complexity index is 290. The maximum absolute atomic E-state index is 11.7. The maximum atomic E-state index is 11.7. The first-order valence-electron chi connectivity index (χ1n) is 6.30. The van der Waals surface area contributed by atoms with E-state index in [2.05, 4.69) is 5.32 Å². The molecular formula is C12H22N2O4. The third-order valence-electron chi connectivity index (χ3n) is 3.20. The van der Waals surface area contributed by atoms with Gasteiger partial charge >= 0.3 is 12.0 Å². The summed E-state index contributed by atoms with van der Waals surface area (Å²) in [4.78, 5) is 24.0. The number of nitrogens with one attached hydrogen (secondary N) is 1. The predicted octanol–water partition coefficient (Wildman–Crippen LogP) is 0.775. The lowest BCUT2D eigenvalue weighted by molar-refractivity contribution is -0.140. The molecule has 1 aliphatic rings. The molecule has 1 atom stereocenters. The fourth-order valence-corrected chi connectivity index (χ4v) is 1.86. The number of carbonyl (C=O) groups is 2. The molecule has 0 aliphatic carbocycles. The third-order valence-corrected chi connectivity index (χ3v) is 3.20. The van der Waals surface area contributed by atoms with Gasteiger partial charge in [0.05, 0.1) is 5.92 Å². The molecule has 0 aromatic carbocycles. The Morgan fingerprint density at radius 1 is 1.44 bits per heavy atom. The summed E-state index contributed by atoms with van der Waals surface area (Å²) in [6, 6.07) is -0.213. The van der Waals surface area contributed by atoms with Crippen molar-refractivity contribution in [2.45, 2.75) is 19.8 Å². The standard InChI is InChI=1S/C12H22N2O4/c1-9(11(15)16)7-13-12(17)14(2)8-10-3-5-18-6-4-10/h9-10H,3-8H2,1-2H3,(H,13,17)(H,15,16). The molecule has 0 spiro atoms. The fraction of sp³-hybridized carbons (Fsp3) is 0.833. The molecule has 1 saturated heterocycles. The van der Waals surface area contributed by atoms with E-state index >= 15 is 0 Å². The summed E-state index contributed by atoms with van der Waals surface area (Å²) in [5.74, 6) is -0.987. The van der Waals surface area contributed by atoms with Gasteiger partial charge in [0.2, 0.25) is 0 Å². The number of rotatable bonds is 5. The van der Waals surface area contributed by atoms with Crippen molar-refractivity contribution < 1.29 is 19.4 Å². The minimum absolute atomic E-state index is 0.159. The Morgan fingerprint density at radius 2 is 2.06 bits per heavy atom. The molecule has 0 radical (unpaired) electrons. The van der Waals surface area contributed by atoms with Gasteiger partial charge in [-0.3, -0.25) is 4.79 Å². The number of hydrogen-bond donors (Lipinski definition) is 2. The fourth-order valence-electron chi connectivity index (χ4n) is 1.86. The van der Waals surface area contributed by atoms with Crippen LogP contribution in [0.3, 0.4) is 0 Å². The average Bonchev–Trinajstić information content (AvgIpc) is 2.36. The smallest absolute Gasteiger partial charge is 0.317 e. The summed E-state index contributed by atoms with van der Waals surface area (Å²) in [6.07, 6.45) is 1.95. The van der Waals surface area contributed by atoms with Gasteiger partial charge in [-0.2, -0.15) is 0 Å². The summed E-state index contributed by atoms with van der Waals surface area (Å²) in [5, 5.41) is 11.3. The molecular weight excluding hydrogens is 236 g/mol. The van der Waals surface area contributed by atoms with Crippen LogP contribution in [0.5, 0.6) is 0 Å². The molecule has 0 aromatic heterocycles. The monoisotopic (exact) mass is 258 g/mol. The van der Waals surface area contributed by atoms with E-state index in [4.69, 9.17) is 9.84 Å². The van der Waals surface area contributed by atoms with Crippen molar-refractivity contribution in [3.63, 3.8) is 0 Å². The van der Waals surface area contributed by atoms with Crippen molar-refractivity contribution in [1.29, 1.82) is 0 Å². The van der Waals surface area contributed by atoms with Gasteiger partial charge in [-0.05, 0) is 18.8 Å². The van der Waals surface area contributed by atoms with Crippen LogP contribution in [0.15, 0.2) is 0 Å². The SMILES string of the molecule is CC(CNC(=O)N(C)CC1CCOCC1)C(=O)O. The largest absolute Gasteiger partial charge is 0.481 e. The molecule has 6 nitrogen and oxygen atoms in total. The molecule has 1 heterocycles. The van der Waals surface area contributed by atoms with Crippen molar-refractivity contribution in [3.8, 4) is 0 Å². The first-order chi connectivity index (χ1) is 8.50. The molecule has 1 unspecified atom stereocenters. The number of nitrogens with zero attached hydrogens (tertiary/aromatic N) is 1. The number of carbonyl (C=O) groups excluding carboxylic acids is 1. The zero-order valence-corrected chi connectivity index (χ0v) is 11.0. The van der Waals surface area contributed by atoms with E-state index in [0.717, 1.165) is 26.1 Å². The molecule has 104 valence electrons. The number of carboxylic acid groups (broad SMARTS) is 1.